The fraction of sp³-hybridized carbons (Fsp3) is 0.478. The van der Waals surface area contributed by atoms with Gasteiger partial charge < -0.3 is 15.2 Å². The molecule has 9 heteroatoms. The van der Waals surface area contributed by atoms with Crippen LogP contribution in [0.4, 0.5) is 5.95 Å². The summed E-state index contributed by atoms with van der Waals surface area (Å²) >= 11 is 0. The standard InChI is InChI=1S/C23H29N7O2/c1-14(2)30-19-13-15(5-6-18(19)26-28-30)17-9-12-29-20(17)21(32-4)25-22(27-29)24-16-7-10-23(3,31)11-8-16/h5-6,9,12-14,16,31H,7-8,10-11H2,1-4H3,(H,24,27)/t16-,23-. The number of nitrogens with zero attached hydrogens (tertiary/aromatic N) is 6. The SMILES string of the molecule is COc1nc(N[C@H]2CC[C@](C)(O)CC2)nn2ccc(-c3ccc4nnn(C(C)C)c4c3)c12. The molecule has 168 valence electrons. The molecular weight excluding hydrogens is 406 g/mol. The molecule has 0 aliphatic heterocycles. The number of ether oxygens (including phenoxy) is 1. The topological polar surface area (TPSA) is 102 Å². The van der Waals surface area contributed by atoms with Crippen LogP contribution in [0.25, 0.3) is 27.7 Å². The molecule has 0 radical (unpaired) electrons. The summed E-state index contributed by atoms with van der Waals surface area (Å²) in [6, 6.07) is 8.61. The second-order valence-corrected chi connectivity index (χ2v) is 9.21. The number of benzene rings is 1. The Labute approximate surface area is 186 Å². The van der Waals surface area contributed by atoms with Crippen molar-refractivity contribution in [3.63, 3.8) is 0 Å². The van der Waals surface area contributed by atoms with Gasteiger partial charge in [-0.1, -0.05) is 11.3 Å². The third-order valence-corrected chi connectivity index (χ3v) is 6.34. The van der Waals surface area contributed by atoms with Crippen molar-refractivity contribution >= 4 is 22.5 Å². The normalized spacial score (nSPS) is 21.5. The molecule has 0 atom stereocenters. The average Bonchev–Trinajstić information content (AvgIpc) is 3.38. The number of aliphatic hydroxyl groups is 1. The van der Waals surface area contributed by atoms with E-state index in [4.69, 9.17) is 4.74 Å². The van der Waals surface area contributed by atoms with E-state index in [9.17, 15) is 5.11 Å². The first-order chi connectivity index (χ1) is 15.3. The van der Waals surface area contributed by atoms with Crippen LogP contribution in [-0.4, -0.2) is 53.5 Å². The molecular formula is C23H29N7O2. The van der Waals surface area contributed by atoms with Gasteiger partial charge in [0, 0.05) is 23.8 Å². The van der Waals surface area contributed by atoms with Gasteiger partial charge in [-0.15, -0.1) is 10.2 Å². The van der Waals surface area contributed by atoms with E-state index in [0.29, 0.717) is 11.8 Å². The number of fused-ring (bicyclic) bond motifs is 2. The third kappa shape index (κ3) is 3.66. The van der Waals surface area contributed by atoms with Crippen molar-refractivity contribution in [2.75, 3.05) is 12.4 Å². The van der Waals surface area contributed by atoms with Crippen LogP contribution in [-0.2, 0) is 0 Å². The van der Waals surface area contributed by atoms with Crippen molar-refractivity contribution in [2.24, 2.45) is 0 Å². The predicted molar refractivity (Wildman–Crippen MR) is 123 cm³/mol. The Morgan fingerprint density at radius 2 is 2.00 bits per heavy atom. The van der Waals surface area contributed by atoms with Crippen molar-refractivity contribution in [3.8, 4) is 17.0 Å². The minimum absolute atomic E-state index is 0.219. The lowest BCUT2D eigenvalue weighted by Gasteiger charge is -2.33. The van der Waals surface area contributed by atoms with Gasteiger partial charge in [0.1, 0.15) is 11.0 Å². The van der Waals surface area contributed by atoms with E-state index in [0.717, 1.165) is 53.4 Å². The Balaban J connectivity index is 1.51. The van der Waals surface area contributed by atoms with E-state index >= 15 is 0 Å². The zero-order chi connectivity index (χ0) is 22.5. The molecule has 1 saturated carbocycles. The summed E-state index contributed by atoms with van der Waals surface area (Å²) in [5.74, 6) is 1.04. The van der Waals surface area contributed by atoms with Crippen LogP contribution in [0.1, 0.15) is 52.5 Å². The quantitative estimate of drug-likeness (QED) is 0.491. The minimum Gasteiger partial charge on any atom is -0.479 e. The molecule has 9 nitrogen and oxygen atoms in total. The van der Waals surface area contributed by atoms with E-state index in [1.54, 1.807) is 7.11 Å². The largest absolute Gasteiger partial charge is 0.479 e. The number of hydrogen-bond donors (Lipinski definition) is 2. The number of aromatic nitrogens is 6. The summed E-state index contributed by atoms with van der Waals surface area (Å²) in [5, 5.41) is 26.8. The molecule has 1 aliphatic rings. The summed E-state index contributed by atoms with van der Waals surface area (Å²) in [6.07, 6.45) is 5.22. The zero-order valence-electron chi connectivity index (χ0n) is 18.9. The van der Waals surface area contributed by atoms with Gasteiger partial charge in [-0.2, -0.15) is 4.98 Å². The number of methoxy groups -OCH3 is 1. The third-order valence-electron chi connectivity index (χ3n) is 6.34. The molecule has 0 amide bonds. The Kier molecular flexibility index (Phi) is 5.00. The first kappa shape index (κ1) is 20.7. The number of rotatable bonds is 5. The van der Waals surface area contributed by atoms with Gasteiger partial charge in [0.25, 0.3) is 0 Å². The molecule has 0 spiro atoms. The van der Waals surface area contributed by atoms with Crippen LogP contribution in [0.2, 0.25) is 0 Å². The highest BCUT2D eigenvalue weighted by Crippen LogP contribution is 2.34. The smallest absolute Gasteiger partial charge is 0.244 e. The molecule has 2 N–H and O–H groups in total. The maximum absolute atomic E-state index is 10.2. The lowest BCUT2D eigenvalue weighted by molar-refractivity contribution is 0.0195. The van der Waals surface area contributed by atoms with Gasteiger partial charge in [-0.05, 0) is 70.2 Å². The van der Waals surface area contributed by atoms with Crippen molar-refractivity contribution in [3.05, 3.63) is 30.5 Å². The van der Waals surface area contributed by atoms with E-state index in [1.165, 1.54) is 0 Å². The van der Waals surface area contributed by atoms with Gasteiger partial charge >= 0.3 is 0 Å². The van der Waals surface area contributed by atoms with Gasteiger partial charge in [-0.25, -0.2) is 9.20 Å². The van der Waals surface area contributed by atoms with Crippen LogP contribution >= 0.6 is 0 Å². The average molecular weight is 436 g/mol. The summed E-state index contributed by atoms with van der Waals surface area (Å²) in [4.78, 5) is 4.65. The van der Waals surface area contributed by atoms with E-state index < -0.39 is 5.60 Å². The monoisotopic (exact) mass is 435 g/mol. The van der Waals surface area contributed by atoms with Crippen molar-refractivity contribution in [1.82, 2.24) is 29.6 Å². The lowest BCUT2D eigenvalue weighted by Crippen LogP contribution is -2.36. The first-order valence-electron chi connectivity index (χ1n) is 11.1. The fourth-order valence-corrected chi connectivity index (χ4v) is 4.48. The maximum atomic E-state index is 10.2. The highest BCUT2D eigenvalue weighted by atomic mass is 16.5. The van der Waals surface area contributed by atoms with E-state index in [2.05, 4.69) is 45.6 Å². The second-order valence-electron chi connectivity index (χ2n) is 9.21. The molecule has 32 heavy (non-hydrogen) atoms. The van der Waals surface area contributed by atoms with Crippen LogP contribution in [0.15, 0.2) is 30.5 Å². The first-order valence-corrected chi connectivity index (χ1v) is 11.1. The Bertz CT molecular complexity index is 1260. The molecule has 1 fully saturated rings. The molecule has 0 bridgehead atoms. The molecule has 5 rings (SSSR count). The van der Waals surface area contributed by atoms with Gasteiger partial charge in [0.2, 0.25) is 11.8 Å². The number of anilines is 1. The Morgan fingerprint density at radius 1 is 1.22 bits per heavy atom. The van der Waals surface area contributed by atoms with Crippen molar-refractivity contribution in [1.29, 1.82) is 0 Å². The van der Waals surface area contributed by atoms with Crippen molar-refractivity contribution in [2.45, 2.75) is 64.1 Å². The fourth-order valence-electron chi connectivity index (χ4n) is 4.48. The highest BCUT2D eigenvalue weighted by molar-refractivity contribution is 5.89. The van der Waals surface area contributed by atoms with Gasteiger partial charge in [0.15, 0.2) is 0 Å². The molecule has 4 aromatic rings. The van der Waals surface area contributed by atoms with Crippen LogP contribution in [0.5, 0.6) is 5.88 Å². The van der Waals surface area contributed by atoms with Crippen molar-refractivity contribution < 1.29 is 9.84 Å². The second kappa shape index (κ2) is 7.74. The molecule has 1 aromatic carbocycles. The Morgan fingerprint density at radius 3 is 2.72 bits per heavy atom. The Hall–Kier alpha value is -3.20. The molecule has 3 heterocycles. The summed E-state index contributed by atoms with van der Waals surface area (Å²) in [6.45, 7) is 6.08. The molecule has 0 saturated heterocycles. The van der Waals surface area contributed by atoms with Crippen LogP contribution in [0, 0.1) is 0 Å². The lowest BCUT2D eigenvalue weighted by atomic mass is 9.84. The van der Waals surface area contributed by atoms with E-state index in [-0.39, 0.29) is 12.1 Å². The highest BCUT2D eigenvalue weighted by Gasteiger charge is 2.29. The molecule has 3 aromatic heterocycles. The zero-order valence-corrected chi connectivity index (χ0v) is 18.9. The molecule has 0 unspecified atom stereocenters. The van der Waals surface area contributed by atoms with Crippen LogP contribution in [0.3, 0.4) is 0 Å². The molecule has 1 aliphatic carbocycles. The maximum Gasteiger partial charge on any atom is 0.244 e. The van der Waals surface area contributed by atoms with Gasteiger partial charge in [-0.3, -0.25) is 0 Å². The summed E-state index contributed by atoms with van der Waals surface area (Å²) in [5.41, 5.74) is 4.11. The van der Waals surface area contributed by atoms with Gasteiger partial charge in [0.05, 0.1) is 18.2 Å². The summed E-state index contributed by atoms with van der Waals surface area (Å²) in [7, 11) is 1.63. The summed E-state index contributed by atoms with van der Waals surface area (Å²) < 4.78 is 9.40. The van der Waals surface area contributed by atoms with Crippen LogP contribution < -0.4 is 10.1 Å². The van der Waals surface area contributed by atoms with E-state index in [1.807, 2.05) is 40.5 Å². The number of hydrogen-bond acceptors (Lipinski definition) is 7. The number of nitrogens with one attached hydrogen (secondary N) is 1. The minimum atomic E-state index is -0.572. The predicted octanol–water partition coefficient (Wildman–Crippen LogP) is 3.84.